The Morgan fingerprint density at radius 3 is 2.70 bits per heavy atom. The summed E-state index contributed by atoms with van der Waals surface area (Å²) in [5.74, 6) is 0.280. The van der Waals surface area contributed by atoms with Crippen molar-refractivity contribution in [2.24, 2.45) is 0 Å². The average Bonchev–Trinajstić information content (AvgIpc) is 2.43. The molecule has 0 atom stereocenters. The molecular formula is C15H24N2O3. The van der Waals surface area contributed by atoms with E-state index in [1.165, 1.54) is 0 Å². The lowest BCUT2D eigenvalue weighted by Crippen LogP contribution is -2.17. The first-order valence-electron chi connectivity index (χ1n) is 7.06. The number of unbranched alkanes of at least 4 members (excludes halogenated alkanes) is 1. The molecule has 0 bridgehead atoms. The maximum Gasteiger partial charge on any atom is 0.515 e. The second-order valence-electron chi connectivity index (χ2n) is 4.97. The molecule has 0 amide bonds. The third-order valence-corrected chi connectivity index (χ3v) is 2.77. The van der Waals surface area contributed by atoms with Crippen LogP contribution in [0, 0.1) is 0 Å². The van der Waals surface area contributed by atoms with Gasteiger partial charge in [0.25, 0.3) is 0 Å². The third-order valence-electron chi connectivity index (χ3n) is 2.77. The minimum absolute atomic E-state index is 0.280. The fourth-order valence-corrected chi connectivity index (χ4v) is 1.65. The summed E-state index contributed by atoms with van der Waals surface area (Å²) in [6, 6.07) is 3.63. The van der Waals surface area contributed by atoms with Crippen molar-refractivity contribution in [3.05, 3.63) is 23.9 Å². The first kappa shape index (κ1) is 16.4. The molecule has 0 fully saturated rings. The maximum absolute atomic E-state index is 11.4. The Labute approximate surface area is 120 Å². The Morgan fingerprint density at radius 1 is 1.30 bits per heavy atom. The van der Waals surface area contributed by atoms with E-state index in [9.17, 15) is 4.79 Å². The lowest BCUT2D eigenvalue weighted by Gasteiger charge is -2.09. The molecule has 1 heterocycles. The van der Waals surface area contributed by atoms with Gasteiger partial charge in [-0.05, 0) is 38.9 Å². The van der Waals surface area contributed by atoms with Crippen LogP contribution >= 0.6 is 0 Å². The normalized spacial score (nSPS) is 10.6. The van der Waals surface area contributed by atoms with Crippen LogP contribution in [0.1, 0.15) is 31.7 Å². The molecule has 0 aliphatic rings. The number of carbonyl (C=O) groups is 1. The molecule has 0 spiro atoms. The smallest absolute Gasteiger partial charge is 0.434 e. The van der Waals surface area contributed by atoms with Gasteiger partial charge in [-0.3, -0.25) is 0 Å². The highest BCUT2D eigenvalue weighted by atomic mass is 16.7. The lowest BCUT2D eigenvalue weighted by molar-refractivity contribution is 0.0944. The van der Waals surface area contributed by atoms with Crippen molar-refractivity contribution in [1.82, 2.24) is 9.88 Å². The van der Waals surface area contributed by atoms with Gasteiger partial charge in [0.2, 0.25) is 5.88 Å². The van der Waals surface area contributed by atoms with Crippen molar-refractivity contribution >= 4 is 6.16 Å². The van der Waals surface area contributed by atoms with Crippen LogP contribution in [0.15, 0.2) is 18.3 Å². The van der Waals surface area contributed by atoms with Crippen molar-refractivity contribution in [2.75, 3.05) is 27.2 Å². The van der Waals surface area contributed by atoms with Crippen molar-refractivity contribution in [2.45, 2.75) is 32.6 Å². The van der Waals surface area contributed by atoms with Gasteiger partial charge in [-0.2, -0.15) is 0 Å². The zero-order valence-corrected chi connectivity index (χ0v) is 12.6. The van der Waals surface area contributed by atoms with Gasteiger partial charge in [-0.25, -0.2) is 9.78 Å². The van der Waals surface area contributed by atoms with E-state index >= 15 is 0 Å². The summed E-state index contributed by atoms with van der Waals surface area (Å²) in [7, 11) is 3.95. The molecule has 112 valence electrons. The standard InChI is InChI=1S/C15H24N2O3/c1-4-5-7-13-8-9-14(16-12-13)20-15(18)19-11-6-10-17(2)3/h8-9,12H,4-7,10-11H2,1-3H3. The molecular weight excluding hydrogens is 256 g/mol. The van der Waals surface area contributed by atoms with E-state index in [-0.39, 0.29) is 5.88 Å². The highest BCUT2D eigenvalue weighted by Gasteiger charge is 2.07. The molecule has 0 aliphatic carbocycles. The van der Waals surface area contributed by atoms with Crippen LogP contribution < -0.4 is 4.74 Å². The topological polar surface area (TPSA) is 51.7 Å². The van der Waals surface area contributed by atoms with Crippen LogP contribution in [0.2, 0.25) is 0 Å². The fraction of sp³-hybridized carbons (Fsp3) is 0.600. The predicted molar refractivity (Wildman–Crippen MR) is 78.0 cm³/mol. The number of ether oxygens (including phenoxy) is 2. The first-order valence-corrected chi connectivity index (χ1v) is 7.06. The Hall–Kier alpha value is -1.62. The van der Waals surface area contributed by atoms with Crippen molar-refractivity contribution < 1.29 is 14.3 Å². The highest BCUT2D eigenvalue weighted by Crippen LogP contribution is 2.10. The zero-order chi connectivity index (χ0) is 14.8. The summed E-state index contributed by atoms with van der Waals surface area (Å²) >= 11 is 0. The van der Waals surface area contributed by atoms with Gasteiger partial charge in [-0.15, -0.1) is 0 Å². The van der Waals surface area contributed by atoms with Gasteiger partial charge < -0.3 is 14.4 Å². The lowest BCUT2D eigenvalue weighted by atomic mass is 10.1. The molecule has 0 radical (unpaired) electrons. The molecule has 0 N–H and O–H groups in total. The Morgan fingerprint density at radius 2 is 2.10 bits per heavy atom. The van der Waals surface area contributed by atoms with Crippen LogP contribution in [0.4, 0.5) is 4.79 Å². The zero-order valence-electron chi connectivity index (χ0n) is 12.6. The van der Waals surface area contributed by atoms with Crippen LogP contribution in [0.25, 0.3) is 0 Å². The number of hydrogen-bond acceptors (Lipinski definition) is 5. The van der Waals surface area contributed by atoms with Gasteiger partial charge in [0.1, 0.15) is 0 Å². The molecule has 0 aliphatic heterocycles. The third kappa shape index (κ3) is 7.09. The molecule has 5 nitrogen and oxygen atoms in total. The monoisotopic (exact) mass is 280 g/mol. The number of nitrogens with zero attached hydrogens (tertiary/aromatic N) is 2. The summed E-state index contributed by atoms with van der Waals surface area (Å²) in [5, 5.41) is 0. The first-order chi connectivity index (χ1) is 9.61. The molecule has 5 heteroatoms. The SMILES string of the molecule is CCCCc1ccc(OC(=O)OCCCN(C)C)nc1. The number of aromatic nitrogens is 1. The van der Waals surface area contributed by atoms with E-state index in [1.807, 2.05) is 25.1 Å². The number of pyridine rings is 1. The van der Waals surface area contributed by atoms with Crippen LogP contribution in [-0.4, -0.2) is 43.3 Å². The predicted octanol–water partition coefficient (Wildman–Crippen LogP) is 2.89. The Balaban J connectivity index is 2.27. The van der Waals surface area contributed by atoms with E-state index in [0.29, 0.717) is 6.61 Å². The summed E-state index contributed by atoms with van der Waals surface area (Å²) in [6.45, 7) is 3.38. The second kappa shape index (κ2) is 9.31. The number of aryl methyl sites for hydroxylation is 1. The molecule has 0 aromatic carbocycles. The quantitative estimate of drug-likeness (QED) is 0.541. The van der Waals surface area contributed by atoms with Crippen LogP contribution in [0.5, 0.6) is 5.88 Å². The van der Waals surface area contributed by atoms with Crippen LogP contribution in [0.3, 0.4) is 0 Å². The fourth-order valence-electron chi connectivity index (χ4n) is 1.65. The van der Waals surface area contributed by atoms with E-state index in [2.05, 4.69) is 11.9 Å². The number of hydrogen-bond donors (Lipinski definition) is 0. The minimum atomic E-state index is -0.697. The van der Waals surface area contributed by atoms with E-state index < -0.39 is 6.16 Å². The van der Waals surface area contributed by atoms with Crippen LogP contribution in [-0.2, 0) is 11.2 Å². The van der Waals surface area contributed by atoms with Gasteiger partial charge in [-0.1, -0.05) is 19.4 Å². The molecule has 0 saturated heterocycles. The molecule has 1 aromatic rings. The summed E-state index contributed by atoms with van der Waals surface area (Å²) in [6.07, 6.45) is 5.11. The number of rotatable bonds is 8. The Kier molecular flexibility index (Phi) is 7.65. The Bertz CT molecular complexity index is 391. The summed E-state index contributed by atoms with van der Waals surface area (Å²) in [5.41, 5.74) is 1.15. The second-order valence-corrected chi connectivity index (χ2v) is 4.97. The average molecular weight is 280 g/mol. The highest BCUT2D eigenvalue weighted by molar-refractivity contribution is 5.62. The number of carbonyl (C=O) groups excluding carboxylic acids is 1. The molecule has 0 unspecified atom stereocenters. The van der Waals surface area contributed by atoms with Gasteiger partial charge in [0.15, 0.2) is 0 Å². The van der Waals surface area contributed by atoms with Gasteiger partial charge in [0, 0.05) is 18.8 Å². The van der Waals surface area contributed by atoms with Gasteiger partial charge in [0.05, 0.1) is 6.61 Å². The summed E-state index contributed by atoms with van der Waals surface area (Å²) < 4.78 is 9.96. The van der Waals surface area contributed by atoms with E-state index in [0.717, 1.165) is 37.8 Å². The van der Waals surface area contributed by atoms with Crippen molar-refractivity contribution in [1.29, 1.82) is 0 Å². The maximum atomic E-state index is 11.4. The van der Waals surface area contributed by atoms with Gasteiger partial charge >= 0.3 is 6.16 Å². The molecule has 1 aromatic heterocycles. The van der Waals surface area contributed by atoms with Crippen molar-refractivity contribution in [3.8, 4) is 5.88 Å². The van der Waals surface area contributed by atoms with E-state index in [4.69, 9.17) is 9.47 Å². The minimum Gasteiger partial charge on any atom is -0.434 e. The molecule has 0 saturated carbocycles. The largest absolute Gasteiger partial charge is 0.515 e. The van der Waals surface area contributed by atoms with Crippen molar-refractivity contribution in [3.63, 3.8) is 0 Å². The van der Waals surface area contributed by atoms with E-state index in [1.54, 1.807) is 12.3 Å². The molecule has 1 rings (SSSR count). The summed E-state index contributed by atoms with van der Waals surface area (Å²) in [4.78, 5) is 17.5. The molecule has 20 heavy (non-hydrogen) atoms.